The molecule has 1 aliphatic heterocycles. The molecule has 0 unspecified atom stereocenters. The molecule has 2 aromatic carbocycles. The minimum Gasteiger partial charge on any atom is -0.493 e. The first-order chi connectivity index (χ1) is 16.5. The van der Waals surface area contributed by atoms with Gasteiger partial charge in [-0.15, -0.1) is 0 Å². The van der Waals surface area contributed by atoms with Gasteiger partial charge in [0.05, 0.1) is 31.4 Å². The number of hydrogen-bond acceptors (Lipinski definition) is 6. The summed E-state index contributed by atoms with van der Waals surface area (Å²) in [6.45, 7) is 6.71. The lowest BCUT2D eigenvalue weighted by atomic mass is 9.98. The summed E-state index contributed by atoms with van der Waals surface area (Å²) < 4.78 is 16.5. The van der Waals surface area contributed by atoms with Crippen LogP contribution in [-0.4, -0.2) is 50.9 Å². The van der Waals surface area contributed by atoms with Crippen molar-refractivity contribution in [2.24, 2.45) is 0 Å². The predicted octanol–water partition coefficient (Wildman–Crippen LogP) is 4.36. The molecule has 3 aromatic rings. The standard InChI is InChI=1S/C27H33N3O4/c1-18(2)34-13-7-11-28-27(31)22-16-26(29-23-9-6-5-8-21(22)23)30-12-10-19-14-24(32-3)25(33-4)15-20(19)17-30/h5-6,8-9,14-16,18H,7,10-13,17H2,1-4H3,(H,28,31). The maximum Gasteiger partial charge on any atom is 0.252 e. The molecule has 0 spiro atoms. The van der Waals surface area contributed by atoms with Crippen LogP contribution in [0, 0.1) is 0 Å². The SMILES string of the molecule is COc1cc2c(cc1OC)CN(c1cc(C(=O)NCCCOC(C)C)c3ccccc3n1)CC2. The van der Waals surface area contributed by atoms with Crippen LogP contribution in [0.5, 0.6) is 11.5 Å². The van der Waals surface area contributed by atoms with Crippen LogP contribution < -0.4 is 19.7 Å². The van der Waals surface area contributed by atoms with Crippen LogP contribution in [0.1, 0.15) is 41.8 Å². The normalized spacial score (nSPS) is 13.1. The summed E-state index contributed by atoms with van der Waals surface area (Å²) in [6.07, 6.45) is 1.83. The van der Waals surface area contributed by atoms with Crippen LogP contribution in [0.3, 0.4) is 0 Å². The van der Waals surface area contributed by atoms with Crippen molar-refractivity contribution in [3.8, 4) is 11.5 Å². The van der Waals surface area contributed by atoms with E-state index in [-0.39, 0.29) is 12.0 Å². The number of para-hydroxylation sites is 1. The van der Waals surface area contributed by atoms with E-state index in [0.717, 1.165) is 47.6 Å². The molecule has 2 heterocycles. The number of benzene rings is 2. The van der Waals surface area contributed by atoms with E-state index in [1.165, 1.54) is 11.1 Å². The van der Waals surface area contributed by atoms with Crippen molar-refractivity contribution in [1.82, 2.24) is 10.3 Å². The molecule has 0 radical (unpaired) electrons. The van der Waals surface area contributed by atoms with Crippen molar-refractivity contribution in [2.45, 2.75) is 39.3 Å². The van der Waals surface area contributed by atoms with E-state index in [2.05, 4.69) is 16.3 Å². The fourth-order valence-electron chi connectivity index (χ4n) is 4.28. The first kappa shape index (κ1) is 23.8. The third-order valence-electron chi connectivity index (χ3n) is 6.05. The van der Waals surface area contributed by atoms with Gasteiger partial charge in [0.15, 0.2) is 11.5 Å². The van der Waals surface area contributed by atoms with Gasteiger partial charge in [0.2, 0.25) is 0 Å². The van der Waals surface area contributed by atoms with E-state index in [0.29, 0.717) is 25.3 Å². The average molecular weight is 464 g/mol. The molecular weight excluding hydrogens is 430 g/mol. The molecule has 0 saturated heterocycles. The highest BCUT2D eigenvalue weighted by Crippen LogP contribution is 2.34. The van der Waals surface area contributed by atoms with E-state index >= 15 is 0 Å². The highest BCUT2D eigenvalue weighted by molar-refractivity contribution is 6.07. The number of amides is 1. The van der Waals surface area contributed by atoms with E-state index in [9.17, 15) is 4.79 Å². The van der Waals surface area contributed by atoms with Crippen LogP contribution in [0.4, 0.5) is 5.82 Å². The van der Waals surface area contributed by atoms with Gasteiger partial charge in [0.25, 0.3) is 5.91 Å². The minimum absolute atomic E-state index is 0.0896. The number of carbonyl (C=O) groups is 1. The van der Waals surface area contributed by atoms with E-state index in [1.807, 2.05) is 50.2 Å². The Labute approximate surface area is 201 Å². The first-order valence-corrected chi connectivity index (χ1v) is 11.8. The van der Waals surface area contributed by atoms with Crippen LogP contribution in [0.25, 0.3) is 10.9 Å². The molecule has 0 fully saturated rings. The third kappa shape index (κ3) is 5.25. The number of carbonyl (C=O) groups excluding carboxylic acids is 1. The van der Waals surface area contributed by atoms with Crippen LogP contribution in [-0.2, 0) is 17.7 Å². The second kappa shape index (κ2) is 10.7. The largest absolute Gasteiger partial charge is 0.493 e. The van der Waals surface area contributed by atoms with Crippen molar-refractivity contribution >= 4 is 22.6 Å². The molecule has 1 aliphatic rings. The Bertz CT molecular complexity index is 1160. The Morgan fingerprint density at radius 1 is 1.09 bits per heavy atom. The molecule has 4 rings (SSSR count). The van der Waals surface area contributed by atoms with E-state index in [4.69, 9.17) is 19.2 Å². The number of rotatable bonds is 9. The zero-order valence-electron chi connectivity index (χ0n) is 20.4. The lowest BCUT2D eigenvalue weighted by Crippen LogP contribution is -2.32. The van der Waals surface area contributed by atoms with Gasteiger partial charge >= 0.3 is 0 Å². The summed E-state index contributed by atoms with van der Waals surface area (Å²) in [5.41, 5.74) is 3.88. The Morgan fingerprint density at radius 2 is 1.82 bits per heavy atom. The molecule has 0 saturated carbocycles. The van der Waals surface area contributed by atoms with Gasteiger partial charge in [-0.25, -0.2) is 4.98 Å². The van der Waals surface area contributed by atoms with Gasteiger partial charge < -0.3 is 24.4 Å². The molecule has 1 aromatic heterocycles. The first-order valence-electron chi connectivity index (χ1n) is 11.8. The van der Waals surface area contributed by atoms with Crippen molar-refractivity contribution in [2.75, 3.05) is 38.8 Å². The Morgan fingerprint density at radius 3 is 2.56 bits per heavy atom. The van der Waals surface area contributed by atoms with E-state index < -0.39 is 0 Å². The molecule has 180 valence electrons. The molecule has 0 aliphatic carbocycles. The monoisotopic (exact) mass is 463 g/mol. The molecule has 0 bridgehead atoms. The van der Waals surface area contributed by atoms with Crippen molar-refractivity contribution < 1.29 is 19.0 Å². The van der Waals surface area contributed by atoms with Gasteiger partial charge in [0.1, 0.15) is 5.82 Å². The zero-order chi connectivity index (χ0) is 24.1. The van der Waals surface area contributed by atoms with Crippen LogP contribution in [0.15, 0.2) is 42.5 Å². The predicted molar refractivity (Wildman–Crippen MR) is 134 cm³/mol. The molecule has 34 heavy (non-hydrogen) atoms. The molecule has 1 N–H and O–H groups in total. The number of aromatic nitrogens is 1. The van der Waals surface area contributed by atoms with E-state index in [1.54, 1.807) is 14.2 Å². The molecular formula is C27H33N3O4. The second-order valence-electron chi connectivity index (χ2n) is 8.72. The summed E-state index contributed by atoms with van der Waals surface area (Å²) in [5.74, 6) is 2.17. The number of nitrogens with zero attached hydrogens (tertiary/aromatic N) is 2. The summed E-state index contributed by atoms with van der Waals surface area (Å²) >= 11 is 0. The quantitative estimate of drug-likeness (QED) is 0.476. The lowest BCUT2D eigenvalue weighted by molar-refractivity contribution is 0.0757. The molecule has 0 atom stereocenters. The topological polar surface area (TPSA) is 72.9 Å². The van der Waals surface area contributed by atoms with Crippen molar-refractivity contribution in [3.05, 3.63) is 59.2 Å². The van der Waals surface area contributed by atoms with Gasteiger partial charge in [0, 0.05) is 31.6 Å². The molecule has 7 heteroatoms. The number of anilines is 1. The van der Waals surface area contributed by atoms with Crippen LogP contribution in [0.2, 0.25) is 0 Å². The second-order valence-corrected chi connectivity index (χ2v) is 8.72. The van der Waals surface area contributed by atoms with Gasteiger partial charge in [-0.2, -0.15) is 0 Å². The summed E-state index contributed by atoms with van der Waals surface area (Å²) in [5, 5.41) is 3.90. The fraction of sp³-hybridized carbons (Fsp3) is 0.407. The summed E-state index contributed by atoms with van der Waals surface area (Å²) in [4.78, 5) is 20.2. The lowest BCUT2D eigenvalue weighted by Gasteiger charge is -2.31. The Hall–Kier alpha value is -3.32. The maximum absolute atomic E-state index is 13.1. The number of hydrogen-bond donors (Lipinski definition) is 1. The highest BCUT2D eigenvalue weighted by Gasteiger charge is 2.22. The number of ether oxygens (including phenoxy) is 3. The number of methoxy groups -OCH3 is 2. The average Bonchev–Trinajstić information content (AvgIpc) is 2.86. The number of fused-ring (bicyclic) bond motifs is 2. The van der Waals surface area contributed by atoms with Crippen LogP contribution >= 0.6 is 0 Å². The smallest absolute Gasteiger partial charge is 0.252 e. The highest BCUT2D eigenvalue weighted by atomic mass is 16.5. The number of nitrogens with one attached hydrogen (secondary N) is 1. The zero-order valence-corrected chi connectivity index (χ0v) is 20.4. The minimum atomic E-state index is -0.0896. The molecule has 7 nitrogen and oxygen atoms in total. The summed E-state index contributed by atoms with van der Waals surface area (Å²) in [7, 11) is 3.30. The van der Waals surface area contributed by atoms with Crippen molar-refractivity contribution in [3.63, 3.8) is 0 Å². The Balaban J connectivity index is 1.57. The van der Waals surface area contributed by atoms with Gasteiger partial charge in [-0.05, 0) is 62.1 Å². The third-order valence-corrected chi connectivity index (χ3v) is 6.05. The Kier molecular flexibility index (Phi) is 7.53. The molecule has 1 amide bonds. The maximum atomic E-state index is 13.1. The summed E-state index contributed by atoms with van der Waals surface area (Å²) in [6, 6.07) is 13.8. The fourth-order valence-corrected chi connectivity index (χ4v) is 4.28. The van der Waals surface area contributed by atoms with Crippen molar-refractivity contribution in [1.29, 1.82) is 0 Å². The van der Waals surface area contributed by atoms with Gasteiger partial charge in [-0.3, -0.25) is 4.79 Å². The van der Waals surface area contributed by atoms with Gasteiger partial charge in [-0.1, -0.05) is 18.2 Å². The number of pyridine rings is 1.